The number of nitrogens with zero attached hydrogens (tertiary/aromatic N) is 6. The number of ether oxygens (including phenoxy) is 2. The zero-order valence-corrected chi connectivity index (χ0v) is 56.7. The summed E-state index contributed by atoms with van der Waals surface area (Å²) < 4.78 is 13.7. The summed E-state index contributed by atoms with van der Waals surface area (Å²) in [5.41, 5.74) is 2.91. The van der Waals surface area contributed by atoms with Crippen LogP contribution >= 0.6 is 54.5 Å². The van der Waals surface area contributed by atoms with E-state index in [9.17, 15) is 48.3 Å². The molecule has 0 aliphatic rings. The molecular weight excluding hydrogens is 1350 g/mol. The standard InChI is InChI=1S/C25H23N3O4S.C23H19N3O4S.C11H9BrN2O3.C6H4BrNO.Na/c1-4-32-25(31)19-12-17-11-16(13-26-23(17)27-24(19)30)9-10-22(29)28(3)14-21-15(2)18-7-5-6-8-20(18)33-21;1-13-16-5-3-4-6-18(16)31-19(13)12-26(2)20(27)8-7-14-9-15-10-17(23(29)30)22(28)25-21(15)24-11-14;1-2-17-11(16)8-4-6-3-7(12)5-13-9(6)14-10(8)15;7-6-1-5(4-9)2-8-3-6;/h5-13H,4,14H2,1-3H3,(H,26,27,30);3-11H,12H2,1-2H3,(H,29,30)(H,24,25,28);3-5H,2H2,1H3,(H,13,14,15);1-4H;/q;;;;+1/p-1/b10-9+;8-7+;;;. The minimum Gasteiger partial charge on any atom is -0.545 e. The number of H-pyrrole nitrogens is 3. The van der Waals surface area contributed by atoms with E-state index >= 15 is 0 Å². The number of aromatic carboxylic acids is 1. The van der Waals surface area contributed by atoms with Crippen LogP contribution in [0.4, 0.5) is 0 Å². The second-order valence-electron chi connectivity index (χ2n) is 19.7. The van der Waals surface area contributed by atoms with Gasteiger partial charge in [0.15, 0.2) is 6.29 Å². The van der Waals surface area contributed by atoms with E-state index in [0.29, 0.717) is 57.2 Å². The summed E-state index contributed by atoms with van der Waals surface area (Å²) in [6.45, 7) is 8.93. The number of nitrogens with one attached hydrogen (secondary N) is 3. The van der Waals surface area contributed by atoms with Crippen molar-refractivity contribution < 1.29 is 72.9 Å². The van der Waals surface area contributed by atoms with Crippen molar-refractivity contribution in [1.82, 2.24) is 44.7 Å². The molecule has 458 valence electrons. The molecule has 0 aliphatic heterocycles. The van der Waals surface area contributed by atoms with Gasteiger partial charge in [0, 0.05) is 107 Å². The first-order valence-corrected chi connectivity index (χ1v) is 30.5. The number of amides is 2. The maximum absolute atomic E-state index is 12.7. The van der Waals surface area contributed by atoms with Gasteiger partial charge in [-0.3, -0.25) is 33.8 Å². The van der Waals surface area contributed by atoms with Gasteiger partial charge in [0.1, 0.15) is 28.1 Å². The average molecular weight is 1400 g/mol. The van der Waals surface area contributed by atoms with Crippen LogP contribution in [-0.2, 0) is 32.2 Å². The quantitative estimate of drug-likeness (QED) is 0.0416. The number of likely N-dealkylation sites (N-methyl/N-ethyl adjacent to an activating group) is 2. The number of hydrogen-bond donors (Lipinski definition) is 3. The van der Waals surface area contributed by atoms with E-state index in [1.807, 2.05) is 24.3 Å². The maximum Gasteiger partial charge on any atom is 1.00 e. The Balaban J connectivity index is 0.000000187. The molecule has 0 saturated carbocycles. The van der Waals surface area contributed by atoms with Gasteiger partial charge in [-0.15, -0.1) is 22.7 Å². The molecule has 0 saturated heterocycles. The van der Waals surface area contributed by atoms with E-state index in [2.05, 4.69) is 105 Å². The number of esters is 2. The molecule has 0 aliphatic carbocycles. The number of aromatic amines is 3. The van der Waals surface area contributed by atoms with Crippen molar-refractivity contribution in [2.45, 2.75) is 40.8 Å². The molecule has 26 heteroatoms. The number of thiophene rings is 2. The smallest absolute Gasteiger partial charge is 0.545 e. The van der Waals surface area contributed by atoms with Gasteiger partial charge in [-0.1, -0.05) is 36.4 Å². The normalized spacial score (nSPS) is 10.9. The van der Waals surface area contributed by atoms with Crippen molar-refractivity contribution in [3.8, 4) is 0 Å². The molecule has 0 bridgehead atoms. The molecule has 2 aromatic carbocycles. The molecule has 3 N–H and O–H groups in total. The number of carbonyl (C=O) groups is 6. The van der Waals surface area contributed by atoms with E-state index in [1.165, 1.54) is 74.0 Å². The number of hydrogen-bond acceptors (Lipinski definition) is 18. The summed E-state index contributed by atoms with van der Waals surface area (Å²) in [5, 5.41) is 15.2. The summed E-state index contributed by atoms with van der Waals surface area (Å²) in [5.74, 6) is -3.18. The SMILES string of the molecule is CCOC(=O)c1cc2cc(/C=C/C(=O)N(C)Cc3sc4ccccc4c3C)cnc2[nH]c1=O.CCOC(=O)c1cc2cc(Br)cnc2[nH]c1=O.Cc1c(CN(C)C(=O)/C=C/c2cnc3[nH]c(=O)c(C(=O)[O-])cc3c2)sc2ccccc12.O=Cc1cncc(Br)c1.[Na+]. The molecule has 0 fully saturated rings. The number of benzene rings is 2. The first-order chi connectivity index (χ1) is 43.1. The Morgan fingerprint density at radius 1 is 0.560 bits per heavy atom. The summed E-state index contributed by atoms with van der Waals surface area (Å²) >= 11 is 9.83. The van der Waals surface area contributed by atoms with Crippen molar-refractivity contribution in [2.24, 2.45) is 0 Å². The van der Waals surface area contributed by atoms with Crippen molar-refractivity contribution in [3.05, 3.63) is 228 Å². The Morgan fingerprint density at radius 3 is 1.37 bits per heavy atom. The minimum absolute atomic E-state index is 0. The van der Waals surface area contributed by atoms with Gasteiger partial charge in [-0.25, -0.2) is 24.5 Å². The molecule has 0 atom stereocenters. The molecule has 11 rings (SSSR count). The number of carboxylic acids is 1. The second-order valence-corrected chi connectivity index (χ2v) is 23.8. The Bertz CT molecular complexity index is 4830. The van der Waals surface area contributed by atoms with E-state index in [4.69, 9.17) is 9.47 Å². The summed E-state index contributed by atoms with van der Waals surface area (Å²) in [6, 6.07) is 27.4. The summed E-state index contributed by atoms with van der Waals surface area (Å²) in [6.07, 6.45) is 14.7. The molecule has 9 aromatic heterocycles. The van der Waals surface area contributed by atoms with Crippen LogP contribution in [0.15, 0.2) is 157 Å². The van der Waals surface area contributed by atoms with E-state index < -0.39 is 40.1 Å². The molecule has 9 heterocycles. The number of carboxylic acid groups (broad SMARTS) is 1. The van der Waals surface area contributed by atoms with Gasteiger partial charge >= 0.3 is 41.5 Å². The number of aryl methyl sites for hydroxylation is 2. The van der Waals surface area contributed by atoms with Gasteiger partial charge < -0.3 is 44.1 Å². The largest absolute Gasteiger partial charge is 1.00 e. The van der Waals surface area contributed by atoms with Crippen LogP contribution in [0, 0.1) is 13.8 Å². The number of pyridine rings is 7. The third kappa shape index (κ3) is 17.9. The van der Waals surface area contributed by atoms with E-state index in [0.717, 1.165) is 25.0 Å². The molecule has 91 heavy (non-hydrogen) atoms. The predicted molar refractivity (Wildman–Crippen MR) is 352 cm³/mol. The van der Waals surface area contributed by atoms with Gasteiger partial charge in [-0.2, -0.15) is 0 Å². The van der Waals surface area contributed by atoms with Crippen molar-refractivity contribution in [1.29, 1.82) is 0 Å². The Kier molecular flexibility index (Phi) is 24.6. The van der Waals surface area contributed by atoms with E-state index in [-0.39, 0.29) is 71.4 Å². The van der Waals surface area contributed by atoms with E-state index in [1.54, 1.807) is 115 Å². The molecule has 21 nitrogen and oxygen atoms in total. The monoisotopic (exact) mass is 1400 g/mol. The summed E-state index contributed by atoms with van der Waals surface area (Å²) in [7, 11) is 3.51. The van der Waals surface area contributed by atoms with Crippen LogP contribution in [0.2, 0.25) is 0 Å². The second kappa shape index (κ2) is 32.2. The van der Waals surface area contributed by atoms with Crippen molar-refractivity contribution in [3.63, 3.8) is 0 Å². The number of carbonyl (C=O) groups excluding carboxylic acids is 6. The van der Waals surface area contributed by atoms with Gasteiger partial charge in [0.2, 0.25) is 11.8 Å². The third-order valence-corrected chi connectivity index (χ3v) is 16.8. The number of halogens is 2. The third-order valence-electron chi connectivity index (χ3n) is 13.4. The fourth-order valence-corrected chi connectivity index (χ4v) is 12.0. The van der Waals surface area contributed by atoms with Crippen LogP contribution in [0.1, 0.15) is 87.3 Å². The molecule has 0 spiro atoms. The molecule has 0 unspecified atom stereocenters. The topological polar surface area (TPSA) is 301 Å². The first kappa shape index (κ1) is 69.5. The Labute approximate surface area is 565 Å². The predicted octanol–water partition coefficient (Wildman–Crippen LogP) is 7.30. The first-order valence-electron chi connectivity index (χ1n) is 27.3. The zero-order valence-electron chi connectivity index (χ0n) is 49.9. The van der Waals surface area contributed by atoms with Crippen LogP contribution in [-0.4, -0.2) is 108 Å². The fraction of sp³-hybridized carbons (Fsp3) is 0.154. The molecule has 0 radical (unpaired) electrons. The van der Waals surface area contributed by atoms with Crippen molar-refractivity contribution in [2.75, 3.05) is 27.3 Å². The Hall–Kier alpha value is -8.95. The molecule has 11 aromatic rings. The number of rotatable bonds is 14. The van der Waals surface area contributed by atoms with Gasteiger partial charge in [-0.05, 0) is 159 Å². The van der Waals surface area contributed by atoms with Gasteiger partial charge in [0.05, 0.1) is 37.8 Å². The van der Waals surface area contributed by atoms with Crippen LogP contribution < -0.4 is 51.3 Å². The maximum atomic E-state index is 12.7. The summed E-state index contributed by atoms with van der Waals surface area (Å²) in [4.78, 5) is 135. The zero-order chi connectivity index (χ0) is 64.8. The fourth-order valence-electron chi connectivity index (χ4n) is 8.76. The number of fused-ring (bicyclic) bond motifs is 5. The number of aldehydes is 1. The van der Waals surface area contributed by atoms with Crippen LogP contribution in [0.5, 0.6) is 0 Å². The minimum atomic E-state index is -1.56. The Morgan fingerprint density at radius 2 is 0.967 bits per heavy atom. The average Bonchev–Trinajstić information content (AvgIpc) is 1.83. The molecule has 2 amide bonds. The molecular formula is C65H54Br2N9NaO12S2. The van der Waals surface area contributed by atoms with Crippen molar-refractivity contribution >= 4 is 156 Å². The van der Waals surface area contributed by atoms with Crippen LogP contribution in [0.3, 0.4) is 0 Å². The number of aromatic nitrogens is 7. The van der Waals surface area contributed by atoms with Crippen LogP contribution in [0.25, 0.3) is 65.4 Å². The van der Waals surface area contributed by atoms with Gasteiger partial charge in [0.25, 0.3) is 16.7 Å².